The van der Waals surface area contributed by atoms with Gasteiger partial charge in [0.25, 0.3) is 0 Å². The molecule has 1 N–H and O–H groups in total. The highest BCUT2D eigenvalue weighted by molar-refractivity contribution is 9.10. The number of hydrogen-bond acceptors (Lipinski definition) is 2. The predicted molar refractivity (Wildman–Crippen MR) is 76.9 cm³/mol. The van der Waals surface area contributed by atoms with Crippen LogP contribution in [-0.2, 0) is 0 Å². The fraction of sp³-hybridized carbons (Fsp3) is 0.0833. The summed E-state index contributed by atoms with van der Waals surface area (Å²) in [6.45, 7) is 0. The minimum absolute atomic E-state index is 0.508. The molecule has 2 aromatic rings. The van der Waals surface area contributed by atoms with E-state index in [4.69, 9.17) is 23.2 Å². The van der Waals surface area contributed by atoms with Gasteiger partial charge in [-0.3, -0.25) is 0 Å². The summed E-state index contributed by atoms with van der Waals surface area (Å²) >= 11 is 15.7. The SMILES string of the molecule is CNc1nc(-c2ccccc2Br)c(Cl)cc1Cl. The second kappa shape index (κ2) is 5.25. The Bertz CT molecular complexity index is 558. The van der Waals surface area contributed by atoms with Crippen molar-refractivity contribution in [1.29, 1.82) is 0 Å². The van der Waals surface area contributed by atoms with Gasteiger partial charge in [0.05, 0.1) is 15.7 Å². The van der Waals surface area contributed by atoms with Gasteiger partial charge in [0.15, 0.2) is 0 Å². The standard InChI is InChI=1S/C12H9BrCl2N2/c1-16-12-10(15)6-9(14)11(17-12)7-4-2-3-5-8(7)13/h2-6H,1H3,(H,16,17). The second-order valence-corrected chi connectivity index (χ2v) is 5.05. The summed E-state index contributed by atoms with van der Waals surface area (Å²) in [6, 6.07) is 9.46. The molecule has 0 radical (unpaired) electrons. The highest BCUT2D eigenvalue weighted by Gasteiger charge is 2.12. The van der Waals surface area contributed by atoms with Crippen molar-refractivity contribution >= 4 is 44.9 Å². The molecule has 0 atom stereocenters. The Morgan fingerprint density at radius 2 is 1.88 bits per heavy atom. The number of anilines is 1. The van der Waals surface area contributed by atoms with Crippen LogP contribution in [0.5, 0.6) is 0 Å². The van der Waals surface area contributed by atoms with E-state index in [0.29, 0.717) is 21.6 Å². The third kappa shape index (κ3) is 2.57. The quantitative estimate of drug-likeness (QED) is 0.850. The Morgan fingerprint density at radius 3 is 2.53 bits per heavy atom. The molecule has 0 amide bonds. The fourth-order valence-corrected chi connectivity index (χ4v) is 2.51. The van der Waals surface area contributed by atoms with E-state index in [-0.39, 0.29) is 0 Å². The largest absolute Gasteiger partial charge is 0.372 e. The molecule has 0 aliphatic heterocycles. The molecule has 17 heavy (non-hydrogen) atoms. The zero-order valence-electron chi connectivity index (χ0n) is 8.97. The minimum atomic E-state index is 0.508. The summed E-state index contributed by atoms with van der Waals surface area (Å²) in [5.41, 5.74) is 1.64. The van der Waals surface area contributed by atoms with E-state index in [1.54, 1.807) is 13.1 Å². The molecule has 0 fully saturated rings. The van der Waals surface area contributed by atoms with Crippen LogP contribution >= 0.6 is 39.1 Å². The Balaban J connectivity index is 2.64. The Labute approximate surface area is 118 Å². The number of nitrogens with one attached hydrogen (secondary N) is 1. The average molecular weight is 332 g/mol. The lowest BCUT2D eigenvalue weighted by molar-refractivity contribution is 1.28. The number of nitrogens with zero attached hydrogens (tertiary/aromatic N) is 1. The van der Waals surface area contributed by atoms with Gasteiger partial charge >= 0.3 is 0 Å². The molecule has 0 unspecified atom stereocenters. The van der Waals surface area contributed by atoms with Crippen molar-refractivity contribution < 1.29 is 0 Å². The Hall–Kier alpha value is -0.770. The van der Waals surface area contributed by atoms with Crippen LogP contribution in [-0.4, -0.2) is 12.0 Å². The first-order chi connectivity index (χ1) is 8.13. The van der Waals surface area contributed by atoms with E-state index in [9.17, 15) is 0 Å². The van der Waals surface area contributed by atoms with Crippen LogP contribution in [0.2, 0.25) is 10.0 Å². The molecule has 0 aliphatic carbocycles. The lowest BCUT2D eigenvalue weighted by Gasteiger charge is -2.09. The molecule has 0 saturated carbocycles. The van der Waals surface area contributed by atoms with Gasteiger partial charge in [-0.05, 0) is 12.1 Å². The highest BCUT2D eigenvalue weighted by atomic mass is 79.9. The molecule has 0 spiro atoms. The molecule has 1 heterocycles. The molecule has 1 aromatic heterocycles. The van der Waals surface area contributed by atoms with Crippen molar-refractivity contribution in [2.24, 2.45) is 0 Å². The molecular weight excluding hydrogens is 323 g/mol. The predicted octanol–water partition coefficient (Wildman–Crippen LogP) is 4.86. The summed E-state index contributed by atoms with van der Waals surface area (Å²) in [7, 11) is 1.77. The van der Waals surface area contributed by atoms with Crippen molar-refractivity contribution in [2.75, 3.05) is 12.4 Å². The maximum Gasteiger partial charge on any atom is 0.145 e. The first kappa shape index (κ1) is 12.7. The van der Waals surface area contributed by atoms with Crippen molar-refractivity contribution in [3.8, 4) is 11.3 Å². The van der Waals surface area contributed by atoms with Gasteiger partial charge in [-0.15, -0.1) is 0 Å². The van der Waals surface area contributed by atoms with Crippen LogP contribution in [0.4, 0.5) is 5.82 Å². The topological polar surface area (TPSA) is 24.9 Å². The van der Waals surface area contributed by atoms with E-state index in [2.05, 4.69) is 26.2 Å². The van der Waals surface area contributed by atoms with E-state index >= 15 is 0 Å². The molecular formula is C12H9BrCl2N2. The average Bonchev–Trinajstić information content (AvgIpc) is 2.31. The first-order valence-corrected chi connectivity index (χ1v) is 6.47. The van der Waals surface area contributed by atoms with E-state index in [0.717, 1.165) is 10.0 Å². The lowest BCUT2D eigenvalue weighted by Crippen LogP contribution is -1.96. The molecule has 0 bridgehead atoms. The second-order valence-electron chi connectivity index (χ2n) is 3.38. The lowest BCUT2D eigenvalue weighted by atomic mass is 10.1. The van der Waals surface area contributed by atoms with Crippen LogP contribution in [0.3, 0.4) is 0 Å². The molecule has 2 rings (SSSR count). The summed E-state index contributed by atoms with van der Waals surface area (Å²) in [6.07, 6.45) is 0. The molecule has 5 heteroatoms. The maximum absolute atomic E-state index is 6.17. The number of rotatable bonds is 2. The Morgan fingerprint density at radius 1 is 1.18 bits per heavy atom. The molecule has 0 saturated heterocycles. The third-order valence-corrected chi connectivity index (χ3v) is 3.56. The number of aromatic nitrogens is 1. The minimum Gasteiger partial charge on any atom is -0.372 e. The van der Waals surface area contributed by atoms with Gasteiger partial charge in [0, 0.05) is 17.1 Å². The summed E-state index contributed by atoms with van der Waals surface area (Å²) in [4.78, 5) is 4.42. The third-order valence-electron chi connectivity index (χ3n) is 2.30. The highest BCUT2D eigenvalue weighted by Crippen LogP contribution is 2.35. The molecule has 0 aliphatic rings. The molecule has 88 valence electrons. The van der Waals surface area contributed by atoms with Crippen molar-refractivity contribution in [3.05, 3.63) is 44.8 Å². The van der Waals surface area contributed by atoms with Crippen LogP contribution in [0.25, 0.3) is 11.3 Å². The summed E-state index contributed by atoms with van der Waals surface area (Å²) < 4.78 is 0.943. The first-order valence-electron chi connectivity index (χ1n) is 4.92. The zero-order valence-corrected chi connectivity index (χ0v) is 12.1. The van der Waals surface area contributed by atoms with Crippen LogP contribution < -0.4 is 5.32 Å². The van der Waals surface area contributed by atoms with Gasteiger partial charge in [0.1, 0.15) is 5.82 Å². The van der Waals surface area contributed by atoms with Gasteiger partial charge in [-0.25, -0.2) is 4.98 Å². The fourth-order valence-electron chi connectivity index (χ4n) is 1.48. The van der Waals surface area contributed by atoms with Gasteiger partial charge in [-0.2, -0.15) is 0 Å². The smallest absolute Gasteiger partial charge is 0.145 e. The van der Waals surface area contributed by atoms with E-state index in [1.807, 2.05) is 24.3 Å². The molecule has 2 nitrogen and oxygen atoms in total. The number of benzene rings is 1. The van der Waals surface area contributed by atoms with Crippen LogP contribution in [0.15, 0.2) is 34.8 Å². The Kier molecular flexibility index (Phi) is 3.92. The zero-order chi connectivity index (χ0) is 12.4. The maximum atomic E-state index is 6.17. The molecule has 1 aromatic carbocycles. The van der Waals surface area contributed by atoms with E-state index < -0.39 is 0 Å². The van der Waals surface area contributed by atoms with Crippen LogP contribution in [0, 0.1) is 0 Å². The summed E-state index contributed by atoms with van der Waals surface area (Å²) in [5, 5.41) is 3.97. The van der Waals surface area contributed by atoms with Crippen LogP contribution in [0.1, 0.15) is 0 Å². The van der Waals surface area contributed by atoms with Crippen molar-refractivity contribution in [1.82, 2.24) is 4.98 Å². The normalized spacial score (nSPS) is 10.4. The van der Waals surface area contributed by atoms with Gasteiger partial charge in [0.2, 0.25) is 0 Å². The number of pyridine rings is 1. The van der Waals surface area contributed by atoms with Crippen molar-refractivity contribution in [2.45, 2.75) is 0 Å². The van der Waals surface area contributed by atoms with Gasteiger partial charge < -0.3 is 5.32 Å². The number of halogens is 3. The summed E-state index contributed by atoms with van der Waals surface area (Å²) in [5.74, 6) is 0.613. The number of hydrogen-bond donors (Lipinski definition) is 1. The van der Waals surface area contributed by atoms with Gasteiger partial charge in [-0.1, -0.05) is 57.3 Å². The van der Waals surface area contributed by atoms with Crippen molar-refractivity contribution in [3.63, 3.8) is 0 Å². The monoisotopic (exact) mass is 330 g/mol. The van der Waals surface area contributed by atoms with E-state index in [1.165, 1.54) is 0 Å².